The fraction of sp³-hybridized carbons (Fsp3) is 0.188. The summed E-state index contributed by atoms with van der Waals surface area (Å²) in [6.45, 7) is 4.12. The normalized spacial score (nSPS) is 11.3. The number of halogens is 2. The van der Waals surface area contributed by atoms with Gasteiger partial charge in [0.1, 0.15) is 5.69 Å². The fourth-order valence-corrected chi connectivity index (χ4v) is 3.83. The molecule has 1 aromatic carbocycles. The van der Waals surface area contributed by atoms with Crippen molar-refractivity contribution in [3.05, 3.63) is 51.5 Å². The largest absolute Gasteiger partial charge is 0.333 e. The Morgan fingerprint density at radius 1 is 1.18 bits per heavy atom. The highest BCUT2D eigenvalue weighted by atomic mass is 35.5. The van der Waals surface area contributed by atoms with Gasteiger partial charge in [-0.25, -0.2) is 0 Å². The Kier molecular flexibility index (Phi) is 4.17. The third-order valence-electron chi connectivity index (χ3n) is 3.33. The summed E-state index contributed by atoms with van der Waals surface area (Å²) in [5, 5.41) is 5.87. The predicted octanol–water partition coefficient (Wildman–Crippen LogP) is 5.84. The molecule has 2 heterocycles. The van der Waals surface area contributed by atoms with E-state index in [0.717, 1.165) is 10.2 Å². The van der Waals surface area contributed by atoms with E-state index in [-0.39, 0.29) is 11.9 Å². The van der Waals surface area contributed by atoms with Crippen molar-refractivity contribution >= 4 is 56.3 Å². The minimum absolute atomic E-state index is 0.171. The molecule has 3 aromatic rings. The number of thiophene rings is 1. The molecule has 0 saturated heterocycles. The van der Waals surface area contributed by atoms with Gasteiger partial charge in [-0.1, -0.05) is 23.2 Å². The molecule has 6 heteroatoms. The summed E-state index contributed by atoms with van der Waals surface area (Å²) in [4.78, 5) is 12.6. The van der Waals surface area contributed by atoms with Crippen LogP contribution in [0.25, 0.3) is 10.2 Å². The second-order valence-corrected chi connectivity index (χ2v) is 7.10. The number of aromatic nitrogens is 1. The Morgan fingerprint density at radius 3 is 2.50 bits per heavy atom. The first-order chi connectivity index (χ1) is 10.5. The first kappa shape index (κ1) is 15.4. The summed E-state index contributed by atoms with van der Waals surface area (Å²) >= 11 is 13.6. The van der Waals surface area contributed by atoms with Crippen LogP contribution in [0.15, 0.2) is 35.7 Å². The van der Waals surface area contributed by atoms with E-state index in [4.69, 9.17) is 23.2 Å². The average molecular weight is 353 g/mol. The molecule has 0 saturated carbocycles. The first-order valence-corrected chi connectivity index (χ1v) is 8.45. The number of hydrogen-bond donors (Lipinski definition) is 1. The first-order valence-electron chi connectivity index (χ1n) is 6.81. The molecule has 3 nitrogen and oxygen atoms in total. The van der Waals surface area contributed by atoms with Crippen molar-refractivity contribution in [2.24, 2.45) is 0 Å². The van der Waals surface area contributed by atoms with Crippen LogP contribution >= 0.6 is 34.5 Å². The maximum absolute atomic E-state index is 12.6. The molecule has 3 rings (SSSR count). The SMILES string of the molecule is CC(C)n1c(C(=O)Nc2cc(Cl)cc(Cl)c2)cc2sccc21. The van der Waals surface area contributed by atoms with Gasteiger partial charge in [0, 0.05) is 21.8 Å². The number of amides is 1. The average Bonchev–Trinajstić information content (AvgIpc) is 2.95. The van der Waals surface area contributed by atoms with Crippen LogP contribution in [-0.2, 0) is 0 Å². The highest BCUT2D eigenvalue weighted by molar-refractivity contribution is 7.17. The van der Waals surface area contributed by atoms with E-state index >= 15 is 0 Å². The van der Waals surface area contributed by atoms with Gasteiger partial charge in [-0.2, -0.15) is 0 Å². The molecule has 0 spiro atoms. The van der Waals surface area contributed by atoms with Crippen LogP contribution in [0, 0.1) is 0 Å². The van der Waals surface area contributed by atoms with Gasteiger partial charge in [-0.05, 0) is 49.6 Å². The second kappa shape index (κ2) is 5.95. The standard InChI is InChI=1S/C16H14Cl2N2OS/c1-9(2)20-13-3-4-22-15(13)8-14(20)16(21)19-12-6-10(17)5-11(18)7-12/h3-9H,1-2H3,(H,19,21). The second-order valence-electron chi connectivity index (χ2n) is 5.28. The third-order valence-corrected chi connectivity index (χ3v) is 4.62. The molecular formula is C16H14Cl2N2OS. The van der Waals surface area contributed by atoms with Crippen molar-refractivity contribution in [1.82, 2.24) is 4.57 Å². The van der Waals surface area contributed by atoms with Gasteiger partial charge >= 0.3 is 0 Å². The van der Waals surface area contributed by atoms with E-state index in [0.29, 0.717) is 21.4 Å². The van der Waals surface area contributed by atoms with Crippen molar-refractivity contribution < 1.29 is 4.79 Å². The van der Waals surface area contributed by atoms with Crippen molar-refractivity contribution in [3.63, 3.8) is 0 Å². The number of nitrogens with one attached hydrogen (secondary N) is 1. The number of nitrogens with zero attached hydrogens (tertiary/aromatic N) is 1. The van der Waals surface area contributed by atoms with Crippen LogP contribution in [0.4, 0.5) is 5.69 Å². The maximum atomic E-state index is 12.6. The van der Waals surface area contributed by atoms with E-state index < -0.39 is 0 Å². The topological polar surface area (TPSA) is 34.0 Å². The quantitative estimate of drug-likeness (QED) is 0.630. The van der Waals surface area contributed by atoms with Gasteiger partial charge in [0.2, 0.25) is 0 Å². The number of anilines is 1. The van der Waals surface area contributed by atoms with Crippen molar-refractivity contribution in [3.8, 4) is 0 Å². The lowest BCUT2D eigenvalue weighted by molar-refractivity contribution is 0.101. The van der Waals surface area contributed by atoms with Crippen LogP contribution in [-0.4, -0.2) is 10.5 Å². The zero-order valence-corrected chi connectivity index (χ0v) is 14.4. The summed E-state index contributed by atoms with van der Waals surface area (Å²) in [7, 11) is 0. The molecule has 0 fully saturated rings. The minimum Gasteiger partial charge on any atom is -0.333 e. The van der Waals surface area contributed by atoms with Gasteiger partial charge in [0.15, 0.2) is 0 Å². The van der Waals surface area contributed by atoms with Crippen LogP contribution in [0.3, 0.4) is 0 Å². The molecule has 0 aliphatic rings. The molecule has 0 atom stereocenters. The number of benzene rings is 1. The third kappa shape index (κ3) is 2.86. The molecule has 1 N–H and O–H groups in total. The van der Waals surface area contributed by atoms with Crippen molar-refractivity contribution in [2.45, 2.75) is 19.9 Å². The van der Waals surface area contributed by atoms with E-state index in [1.54, 1.807) is 29.5 Å². The Hall–Kier alpha value is -1.49. The zero-order chi connectivity index (χ0) is 15.9. The van der Waals surface area contributed by atoms with Crippen LogP contribution in [0.5, 0.6) is 0 Å². The highest BCUT2D eigenvalue weighted by Gasteiger charge is 2.18. The van der Waals surface area contributed by atoms with Crippen molar-refractivity contribution in [1.29, 1.82) is 0 Å². The molecule has 0 unspecified atom stereocenters. The van der Waals surface area contributed by atoms with Gasteiger partial charge in [-0.15, -0.1) is 11.3 Å². The smallest absolute Gasteiger partial charge is 0.272 e. The summed E-state index contributed by atoms with van der Waals surface area (Å²) < 4.78 is 3.14. The lowest BCUT2D eigenvalue weighted by atomic mass is 10.3. The number of rotatable bonds is 3. The number of hydrogen-bond acceptors (Lipinski definition) is 2. The molecule has 0 bridgehead atoms. The minimum atomic E-state index is -0.171. The van der Waals surface area contributed by atoms with E-state index in [1.165, 1.54) is 0 Å². The highest BCUT2D eigenvalue weighted by Crippen LogP contribution is 2.29. The van der Waals surface area contributed by atoms with E-state index in [9.17, 15) is 4.79 Å². The van der Waals surface area contributed by atoms with Crippen LogP contribution < -0.4 is 5.32 Å². The predicted molar refractivity (Wildman–Crippen MR) is 94.6 cm³/mol. The summed E-state index contributed by atoms with van der Waals surface area (Å²) in [6.07, 6.45) is 0. The Bertz CT molecular complexity index is 831. The number of fused-ring (bicyclic) bond motifs is 1. The fourth-order valence-electron chi connectivity index (χ4n) is 2.50. The van der Waals surface area contributed by atoms with Gasteiger partial charge < -0.3 is 9.88 Å². The Balaban J connectivity index is 1.98. The molecule has 2 aromatic heterocycles. The molecular weight excluding hydrogens is 339 g/mol. The molecule has 114 valence electrons. The molecule has 0 aliphatic heterocycles. The molecule has 1 amide bonds. The molecule has 0 radical (unpaired) electrons. The van der Waals surface area contributed by atoms with Crippen LogP contribution in [0.2, 0.25) is 10.0 Å². The lowest BCUT2D eigenvalue weighted by Crippen LogP contribution is -2.18. The summed E-state index contributed by atoms with van der Waals surface area (Å²) in [5.74, 6) is -0.171. The number of carbonyl (C=O) groups excluding carboxylic acids is 1. The number of carbonyl (C=O) groups is 1. The van der Waals surface area contributed by atoms with E-state index in [1.807, 2.05) is 22.1 Å². The maximum Gasteiger partial charge on any atom is 0.272 e. The Labute approximate surface area is 142 Å². The van der Waals surface area contributed by atoms with Gasteiger partial charge in [0.25, 0.3) is 5.91 Å². The summed E-state index contributed by atoms with van der Waals surface area (Å²) in [5.41, 5.74) is 2.30. The summed E-state index contributed by atoms with van der Waals surface area (Å²) in [6, 6.07) is 9.13. The molecule has 22 heavy (non-hydrogen) atoms. The zero-order valence-electron chi connectivity index (χ0n) is 12.1. The van der Waals surface area contributed by atoms with Crippen molar-refractivity contribution in [2.75, 3.05) is 5.32 Å². The Morgan fingerprint density at radius 2 is 1.86 bits per heavy atom. The van der Waals surface area contributed by atoms with E-state index in [2.05, 4.69) is 19.2 Å². The lowest BCUT2D eigenvalue weighted by Gasteiger charge is -2.14. The van der Waals surface area contributed by atoms with Gasteiger partial charge in [0.05, 0.1) is 10.2 Å². The van der Waals surface area contributed by atoms with Crippen LogP contribution in [0.1, 0.15) is 30.4 Å². The monoisotopic (exact) mass is 352 g/mol. The molecule has 0 aliphatic carbocycles. The van der Waals surface area contributed by atoms with Gasteiger partial charge in [-0.3, -0.25) is 4.79 Å².